The normalized spacial score (nSPS) is 10.9. The van der Waals surface area contributed by atoms with Gasteiger partial charge in [0.05, 0.1) is 5.75 Å². The van der Waals surface area contributed by atoms with E-state index in [9.17, 15) is 4.79 Å². The number of aryl methyl sites for hydroxylation is 1. The number of carbonyl (C=O) groups is 1. The maximum atomic E-state index is 12.9. The van der Waals surface area contributed by atoms with Crippen LogP contribution in [0.2, 0.25) is 0 Å². The first-order valence-corrected chi connectivity index (χ1v) is 10.9. The summed E-state index contributed by atoms with van der Waals surface area (Å²) in [5, 5.41) is 9.41. The number of amides is 1. The number of pyridine rings is 1. The number of carbonyl (C=O) groups excluding carboxylic acids is 1. The predicted molar refractivity (Wildman–Crippen MR) is 117 cm³/mol. The van der Waals surface area contributed by atoms with Crippen molar-refractivity contribution in [1.82, 2.24) is 24.6 Å². The third-order valence-electron chi connectivity index (χ3n) is 4.64. The summed E-state index contributed by atoms with van der Waals surface area (Å²) in [5.41, 5.74) is 3.35. The molecule has 0 N–H and O–H groups in total. The van der Waals surface area contributed by atoms with Crippen molar-refractivity contribution in [3.8, 4) is 11.4 Å². The number of benzene rings is 1. The topological polar surface area (TPSA) is 63.9 Å². The summed E-state index contributed by atoms with van der Waals surface area (Å²) in [6.07, 6.45) is 4.42. The van der Waals surface area contributed by atoms with E-state index >= 15 is 0 Å². The summed E-state index contributed by atoms with van der Waals surface area (Å²) in [6.45, 7) is 8.34. The molecular formula is C22H27N5OS. The highest BCUT2D eigenvalue weighted by Gasteiger charge is 2.18. The summed E-state index contributed by atoms with van der Waals surface area (Å²) in [6, 6.07) is 12.2. The van der Waals surface area contributed by atoms with Crippen molar-refractivity contribution in [2.45, 2.75) is 45.4 Å². The van der Waals surface area contributed by atoms with Gasteiger partial charge in [-0.1, -0.05) is 48.5 Å². The Morgan fingerprint density at radius 3 is 2.45 bits per heavy atom. The largest absolute Gasteiger partial charge is 0.338 e. The standard InChI is InChI=1S/C22H27N5OS/c1-4-14-26(15-18-8-6-17(3)7-9-18)20(28)16-29-22-25-24-21(27(22)5-2)19-10-12-23-13-11-19/h6-13H,4-5,14-16H2,1-3H3. The van der Waals surface area contributed by atoms with Crippen molar-refractivity contribution in [2.75, 3.05) is 12.3 Å². The molecule has 0 radical (unpaired) electrons. The summed E-state index contributed by atoms with van der Waals surface area (Å²) < 4.78 is 2.04. The quantitative estimate of drug-likeness (QED) is 0.496. The van der Waals surface area contributed by atoms with E-state index in [-0.39, 0.29) is 5.91 Å². The first-order valence-electron chi connectivity index (χ1n) is 9.92. The first-order chi connectivity index (χ1) is 14.1. The van der Waals surface area contributed by atoms with Gasteiger partial charge in [-0.05, 0) is 38.0 Å². The molecule has 0 bridgehead atoms. The van der Waals surface area contributed by atoms with Gasteiger partial charge in [0.2, 0.25) is 5.91 Å². The minimum atomic E-state index is 0.119. The zero-order chi connectivity index (χ0) is 20.6. The first kappa shape index (κ1) is 21.0. The van der Waals surface area contributed by atoms with E-state index in [1.54, 1.807) is 12.4 Å². The van der Waals surface area contributed by atoms with Crippen LogP contribution in [0.15, 0.2) is 53.9 Å². The van der Waals surface area contributed by atoms with E-state index < -0.39 is 0 Å². The summed E-state index contributed by atoms with van der Waals surface area (Å²) in [4.78, 5) is 18.9. The molecule has 29 heavy (non-hydrogen) atoms. The Bertz CT molecular complexity index is 924. The van der Waals surface area contributed by atoms with Gasteiger partial charge in [0, 0.05) is 37.6 Å². The van der Waals surface area contributed by atoms with Crippen molar-refractivity contribution in [3.63, 3.8) is 0 Å². The predicted octanol–water partition coefficient (Wildman–Crippen LogP) is 4.20. The van der Waals surface area contributed by atoms with Gasteiger partial charge in [0.1, 0.15) is 0 Å². The molecule has 2 heterocycles. The Kier molecular flexibility index (Phi) is 7.41. The van der Waals surface area contributed by atoms with E-state index in [0.29, 0.717) is 12.3 Å². The molecule has 0 fully saturated rings. The molecule has 0 unspecified atom stereocenters. The van der Waals surface area contributed by atoms with Crippen molar-refractivity contribution >= 4 is 17.7 Å². The van der Waals surface area contributed by atoms with Crippen molar-refractivity contribution in [3.05, 3.63) is 59.9 Å². The molecule has 0 saturated heterocycles. The molecule has 3 rings (SSSR count). The zero-order valence-corrected chi connectivity index (χ0v) is 18.0. The molecule has 0 aliphatic carbocycles. The molecule has 6 nitrogen and oxygen atoms in total. The number of nitrogens with zero attached hydrogens (tertiary/aromatic N) is 5. The minimum absolute atomic E-state index is 0.119. The van der Waals surface area contributed by atoms with Gasteiger partial charge in [-0.3, -0.25) is 9.78 Å². The monoisotopic (exact) mass is 409 g/mol. The second kappa shape index (κ2) is 10.2. The number of aromatic nitrogens is 4. The van der Waals surface area contributed by atoms with Crippen molar-refractivity contribution < 1.29 is 4.79 Å². The van der Waals surface area contributed by atoms with Gasteiger partial charge in [-0.25, -0.2) is 0 Å². The maximum absolute atomic E-state index is 12.9. The fourth-order valence-electron chi connectivity index (χ4n) is 3.09. The fourth-order valence-corrected chi connectivity index (χ4v) is 3.99. The number of rotatable bonds is 9. The molecule has 2 aromatic heterocycles. The van der Waals surface area contributed by atoms with Crippen LogP contribution in [-0.4, -0.2) is 42.9 Å². The van der Waals surface area contributed by atoms with Crippen LogP contribution in [0.5, 0.6) is 0 Å². The molecule has 0 saturated carbocycles. The Morgan fingerprint density at radius 2 is 1.79 bits per heavy atom. The van der Waals surface area contributed by atoms with E-state index in [0.717, 1.165) is 41.6 Å². The lowest BCUT2D eigenvalue weighted by Crippen LogP contribution is -2.32. The van der Waals surface area contributed by atoms with Crippen LogP contribution >= 0.6 is 11.8 Å². The number of hydrogen-bond acceptors (Lipinski definition) is 5. The van der Waals surface area contributed by atoms with Gasteiger partial charge in [0.25, 0.3) is 0 Å². The molecule has 0 spiro atoms. The lowest BCUT2D eigenvalue weighted by Gasteiger charge is -2.22. The Labute approximate surface area is 176 Å². The summed E-state index contributed by atoms with van der Waals surface area (Å²) >= 11 is 1.44. The molecule has 1 aromatic carbocycles. The van der Waals surface area contributed by atoms with Crippen molar-refractivity contribution in [1.29, 1.82) is 0 Å². The summed E-state index contributed by atoms with van der Waals surface area (Å²) in [7, 11) is 0. The maximum Gasteiger partial charge on any atom is 0.233 e. The molecule has 3 aromatic rings. The lowest BCUT2D eigenvalue weighted by atomic mass is 10.1. The molecule has 152 valence electrons. The SMILES string of the molecule is CCCN(Cc1ccc(C)cc1)C(=O)CSc1nnc(-c2ccncc2)n1CC. The van der Waals surface area contributed by atoms with Crippen molar-refractivity contribution in [2.24, 2.45) is 0 Å². The Balaban J connectivity index is 1.68. The molecule has 0 aliphatic heterocycles. The van der Waals surface area contributed by atoms with Crippen LogP contribution in [-0.2, 0) is 17.9 Å². The van der Waals surface area contributed by atoms with E-state index in [4.69, 9.17) is 0 Å². The van der Waals surface area contributed by atoms with Crippen LogP contribution in [0.1, 0.15) is 31.4 Å². The van der Waals surface area contributed by atoms with Gasteiger partial charge in [0.15, 0.2) is 11.0 Å². The smallest absolute Gasteiger partial charge is 0.233 e. The van der Waals surface area contributed by atoms with Gasteiger partial charge in [-0.2, -0.15) is 0 Å². The number of hydrogen-bond donors (Lipinski definition) is 0. The Hall–Kier alpha value is -2.67. The van der Waals surface area contributed by atoms with E-state index in [2.05, 4.69) is 60.2 Å². The highest BCUT2D eigenvalue weighted by molar-refractivity contribution is 7.99. The van der Waals surface area contributed by atoms with Gasteiger partial charge < -0.3 is 9.47 Å². The average Bonchev–Trinajstić information content (AvgIpc) is 3.16. The average molecular weight is 410 g/mol. The van der Waals surface area contributed by atoms with Gasteiger partial charge >= 0.3 is 0 Å². The molecular weight excluding hydrogens is 382 g/mol. The highest BCUT2D eigenvalue weighted by Crippen LogP contribution is 2.24. The molecule has 1 amide bonds. The molecule has 7 heteroatoms. The number of thioether (sulfide) groups is 1. The Morgan fingerprint density at radius 1 is 1.07 bits per heavy atom. The van der Waals surface area contributed by atoms with Crippen LogP contribution in [0.25, 0.3) is 11.4 Å². The zero-order valence-electron chi connectivity index (χ0n) is 17.2. The third kappa shape index (κ3) is 5.44. The van der Waals surface area contributed by atoms with Crippen LogP contribution in [0, 0.1) is 6.92 Å². The molecule has 0 atom stereocenters. The second-order valence-corrected chi connectivity index (χ2v) is 7.82. The van der Waals surface area contributed by atoms with E-state index in [1.807, 2.05) is 21.6 Å². The minimum Gasteiger partial charge on any atom is -0.338 e. The third-order valence-corrected chi connectivity index (χ3v) is 5.59. The van der Waals surface area contributed by atoms with Gasteiger partial charge in [-0.15, -0.1) is 10.2 Å². The highest BCUT2D eigenvalue weighted by atomic mass is 32.2. The summed E-state index contributed by atoms with van der Waals surface area (Å²) in [5.74, 6) is 1.27. The second-order valence-electron chi connectivity index (χ2n) is 6.88. The van der Waals surface area contributed by atoms with E-state index in [1.165, 1.54) is 17.3 Å². The molecule has 0 aliphatic rings. The lowest BCUT2D eigenvalue weighted by molar-refractivity contribution is -0.129. The van der Waals surface area contributed by atoms with Crippen LogP contribution in [0.3, 0.4) is 0 Å². The van der Waals surface area contributed by atoms with Crippen LogP contribution in [0.4, 0.5) is 0 Å². The fraction of sp³-hybridized carbons (Fsp3) is 0.364. The van der Waals surface area contributed by atoms with Crippen LogP contribution < -0.4 is 0 Å².